The average Bonchev–Trinajstić information content (AvgIpc) is 3.82. The Labute approximate surface area is 243 Å². The van der Waals surface area contributed by atoms with Crippen LogP contribution in [0.5, 0.6) is 0 Å². The Hall–Kier alpha value is -2.87. The smallest absolute Gasteiger partial charge is 0.229 e. The number of anilines is 5. The molecule has 3 heterocycles. The highest BCUT2D eigenvalue weighted by atomic mass is 35.5. The molecule has 3 fully saturated rings. The molecule has 0 bridgehead atoms. The maximum Gasteiger partial charge on any atom is 0.229 e. The monoisotopic (exact) mass is 559 g/mol. The number of nitrogens with one attached hydrogen (secondary N) is 3. The zero-order chi connectivity index (χ0) is 27.3. The zero-order valence-corrected chi connectivity index (χ0v) is 24.4. The third-order valence-electron chi connectivity index (χ3n) is 8.65. The van der Waals surface area contributed by atoms with Gasteiger partial charge in [-0.05, 0) is 106 Å². The average molecular weight is 560 g/mol. The van der Waals surface area contributed by atoms with Crippen molar-refractivity contribution < 1.29 is 0 Å². The Morgan fingerprint density at radius 2 is 1.70 bits per heavy atom. The number of nitrogens with zero attached hydrogens (tertiary/aromatic N) is 4. The summed E-state index contributed by atoms with van der Waals surface area (Å²) >= 11 is 6.51. The van der Waals surface area contributed by atoms with E-state index < -0.39 is 0 Å². The van der Waals surface area contributed by atoms with Gasteiger partial charge in [0, 0.05) is 42.7 Å². The van der Waals surface area contributed by atoms with E-state index in [4.69, 9.17) is 16.6 Å². The summed E-state index contributed by atoms with van der Waals surface area (Å²) in [5, 5.41) is 10.9. The highest BCUT2D eigenvalue weighted by Gasteiger charge is 2.26. The number of aromatic nitrogens is 2. The van der Waals surface area contributed by atoms with Crippen LogP contribution in [0.1, 0.15) is 56.1 Å². The van der Waals surface area contributed by atoms with Gasteiger partial charge in [0.2, 0.25) is 5.95 Å². The van der Waals surface area contributed by atoms with Crippen LogP contribution in [0.25, 0.3) is 0 Å². The number of benzene rings is 2. The first kappa shape index (κ1) is 27.3. The molecule has 1 saturated carbocycles. The molecular formula is C32H42ClN7. The van der Waals surface area contributed by atoms with Crippen molar-refractivity contribution in [2.45, 2.75) is 64.5 Å². The molecule has 1 aromatic heterocycles. The van der Waals surface area contributed by atoms with Gasteiger partial charge in [-0.25, -0.2) is 4.98 Å². The SMILES string of the molecule is Cc1cc(N2CCC(N3CCCCC3)CC2)ccc1Nc1ncc(Cl)c(Nc2ccccc2CNCC2CC2)n1. The lowest BCUT2D eigenvalue weighted by atomic mass is 9.99. The van der Waals surface area contributed by atoms with Gasteiger partial charge in [-0.15, -0.1) is 0 Å². The summed E-state index contributed by atoms with van der Waals surface area (Å²) in [6.07, 6.45) is 11.0. The number of para-hydroxylation sites is 1. The lowest BCUT2D eigenvalue weighted by Crippen LogP contribution is -2.46. The number of hydrogen-bond donors (Lipinski definition) is 3. The van der Waals surface area contributed by atoms with Gasteiger partial charge in [-0.1, -0.05) is 36.2 Å². The van der Waals surface area contributed by atoms with Crippen LogP contribution in [0.15, 0.2) is 48.7 Å². The molecule has 0 unspecified atom stereocenters. The van der Waals surface area contributed by atoms with Crippen LogP contribution in [0.4, 0.5) is 28.8 Å². The standard InChI is InChI=1S/C32H42ClN7/c1-23-19-27(40-17-13-26(14-18-40)39-15-5-2-6-16-39)11-12-29(23)37-32-35-22-28(33)31(38-32)36-30-8-4-3-7-25(30)21-34-20-24-9-10-24/h3-4,7-8,11-12,19,22,24,26,34H,2,5-6,9-10,13-18,20-21H2,1H3,(H2,35,36,37,38). The van der Waals surface area contributed by atoms with Gasteiger partial charge < -0.3 is 25.8 Å². The minimum Gasteiger partial charge on any atom is -0.371 e. The molecule has 40 heavy (non-hydrogen) atoms. The van der Waals surface area contributed by atoms with Crippen molar-refractivity contribution >= 4 is 40.4 Å². The molecule has 6 rings (SSSR count). The first-order valence-corrected chi connectivity index (χ1v) is 15.4. The fourth-order valence-corrected chi connectivity index (χ4v) is 6.19. The lowest BCUT2D eigenvalue weighted by Gasteiger charge is -2.41. The van der Waals surface area contributed by atoms with Crippen LogP contribution in [0.3, 0.4) is 0 Å². The van der Waals surface area contributed by atoms with Crippen LogP contribution in [-0.4, -0.2) is 53.6 Å². The van der Waals surface area contributed by atoms with Gasteiger partial charge in [0.05, 0.1) is 6.20 Å². The third kappa shape index (κ3) is 6.88. The number of rotatable bonds is 10. The van der Waals surface area contributed by atoms with E-state index in [2.05, 4.69) is 74.1 Å². The zero-order valence-electron chi connectivity index (χ0n) is 23.6. The molecule has 3 N–H and O–H groups in total. The largest absolute Gasteiger partial charge is 0.371 e. The first-order chi connectivity index (χ1) is 19.6. The molecule has 3 aromatic rings. The van der Waals surface area contributed by atoms with Crippen molar-refractivity contribution in [3.63, 3.8) is 0 Å². The molecule has 1 aliphatic carbocycles. The Morgan fingerprint density at radius 3 is 2.48 bits per heavy atom. The molecule has 3 aliphatic rings. The van der Waals surface area contributed by atoms with Gasteiger partial charge in [0.1, 0.15) is 5.02 Å². The molecule has 2 aromatic carbocycles. The molecule has 212 valence electrons. The second-order valence-corrected chi connectivity index (χ2v) is 12.1. The normalized spacial score (nSPS) is 18.6. The molecule has 7 nitrogen and oxygen atoms in total. The molecule has 0 amide bonds. The molecule has 0 atom stereocenters. The van der Waals surface area contributed by atoms with Crippen LogP contribution < -0.4 is 20.9 Å². The highest BCUT2D eigenvalue weighted by molar-refractivity contribution is 6.32. The van der Waals surface area contributed by atoms with Crippen molar-refractivity contribution in [3.05, 3.63) is 64.8 Å². The van der Waals surface area contributed by atoms with E-state index in [1.54, 1.807) is 6.20 Å². The maximum absolute atomic E-state index is 6.51. The van der Waals surface area contributed by atoms with Gasteiger partial charge >= 0.3 is 0 Å². The van der Waals surface area contributed by atoms with Crippen molar-refractivity contribution in [2.24, 2.45) is 5.92 Å². The van der Waals surface area contributed by atoms with E-state index in [-0.39, 0.29) is 0 Å². The molecule has 2 aliphatic heterocycles. The summed E-state index contributed by atoms with van der Waals surface area (Å²) in [5.41, 5.74) is 5.67. The van der Waals surface area contributed by atoms with Crippen LogP contribution >= 0.6 is 11.6 Å². The second kappa shape index (κ2) is 12.8. The quantitative estimate of drug-likeness (QED) is 0.250. The Bertz CT molecular complexity index is 1280. The van der Waals surface area contributed by atoms with Gasteiger partial charge in [-0.2, -0.15) is 4.98 Å². The summed E-state index contributed by atoms with van der Waals surface area (Å²) in [5.74, 6) is 1.97. The number of aryl methyl sites for hydroxylation is 1. The second-order valence-electron chi connectivity index (χ2n) is 11.7. The fraction of sp³-hybridized carbons (Fsp3) is 0.500. The summed E-state index contributed by atoms with van der Waals surface area (Å²) in [7, 11) is 0. The number of likely N-dealkylation sites (tertiary alicyclic amines) is 1. The Balaban J connectivity index is 1.08. The molecule has 0 spiro atoms. The highest BCUT2D eigenvalue weighted by Crippen LogP contribution is 2.31. The Kier molecular flexibility index (Phi) is 8.71. The van der Waals surface area contributed by atoms with E-state index in [1.807, 2.05) is 6.07 Å². The number of hydrogen-bond acceptors (Lipinski definition) is 7. The Morgan fingerprint density at radius 1 is 0.900 bits per heavy atom. The molecular weight excluding hydrogens is 518 g/mol. The van der Waals surface area contributed by atoms with Crippen LogP contribution in [0, 0.1) is 12.8 Å². The minimum atomic E-state index is 0.492. The van der Waals surface area contributed by atoms with E-state index in [0.717, 1.165) is 49.5 Å². The first-order valence-electron chi connectivity index (χ1n) is 15.1. The fourth-order valence-electron chi connectivity index (χ4n) is 6.05. The predicted octanol–water partition coefficient (Wildman–Crippen LogP) is 6.88. The lowest BCUT2D eigenvalue weighted by molar-refractivity contribution is 0.141. The maximum atomic E-state index is 6.51. The van der Waals surface area contributed by atoms with E-state index >= 15 is 0 Å². The van der Waals surface area contributed by atoms with Crippen molar-refractivity contribution in [1.29, 1.82) is 0 Å². The van der Waals surface area contributed by atoms with E-state index in [9.17, 15) is 0 Å². The van der Waals surface area contributed by atoms with Crippen molar-refractivity contribution in [3.8, 4) is 0 Å². The summed E-state index contributed by atoms with van der Waals surface area (Å²) in [6.45, 7) is 8.87. The topological polar surface area (TPSA) is 68.3 Å². The van der Waals surface area contributed by atoms with E-state index in [1.165, 1.54) is 74.8 Å². The predicted molar refractivity (Wildman–Crippen MR) is 166 cm³/mol. The van der Waals surface area contributed by atoms with Gasteiger partial charge in [0.15, 0.2) is 5.82 Å². The summed E-state index contributed by atoms with van der Waals surface area (Å²) in [6, 6.07) is 15.7. The summed E-state index contributed by atoms with van der Waals surface area (Å²) < 4.78 is 0. The number of halogens is 1. The van der Waals surface area contributed by atoms with Gasteiger partial charge in [0.25, 0.3) is 0 Å². The van der Waals surface area contributed by atoms with Crippen LogP contribution in [-0.2, 0) is 6.54 Å². The van der Waals surface area contributed by atoms with Crippen molar-refractivity contribution in [1.82, 2.24) is 20.2 Å². The van der Waals surface area contributed by atoms with Crippen LogP contribution in [0.2, 0.25) is 5.02 Å². The third-order valence-corrected chi connectivity index (χ3v) is 8.93. The van der Waals surface area contributed by atoms with E-state index in [0.29, 0.717) is 16.8 Å². The number of piperidine rings is 2. The summed E-state index contributed by atoms with van der Waals surface area (Å²) in [4.78, 5) is 14.5. The molecule has 2 saturated heterocycles. The van der Waals surface area contributed by atoms with Crippen molar-refractivity contribution in [2.75, 3.05) is 48.3 Å². The minimum absolute atomic E-state index is 0.492. The molecule has 8 heteroatoms. The van der Waals surface area contributed by atoms with Gasteiger partial charge in [-0.3, -0.25) is 0 Å². The molecule has 0 radical (unpaired) electrons.